The summed E-state index contributed by atoms with van der Waals surface area (Å²) in [6.45, 7) is 7.48. The maximum absolute atomic E-state index is 13.2. The minimum atomic E-state index is -1.09. The fraction of sp³-hybridized carbons (Fsp3) is 0.824. The summed E-state index contributed by atoms with van der Waals surface area (Å²) in [6.07, 6.45) is 0.943. The van der Waals surface area contributed by atoms with Gasteiger partial charge in [0, 0.05) is 13.1 Å². The number of carbonyl (C=O) groups excluding carboxylic acids is 3. The van der Waals surface area contributed by atoms with Crippen molar-refractivity contribution in [3.8, 4) is 0 Å². The van der Waals surface area contributed by atoms with Gasteiger partial charge in [0.15, 0.2) is 0 Å². The molecule has 25 heavy (non-hydrogen) atoms. The fourth-order valence-electron chi connectivity index (χ4n) is 3.80. The van der Waals surface area contributed by atoms with Crippen molar-refractivity contribution in [1.29, 1.82) is 0 Å². The highest BCUT2D eigenvalue weighted by molar-refractivity contribution is 5.95. The Bertz CT molecular complexity index is 557. The van der Waals surface area contributed by atoms with E-state index in [-0.39, 0.29) is 12.5 Å². The van der Waals surface area contributed by atoms with Crippen LogP contribution in [-0.4, -0.2) is 69.2 Å². The first kappa shape index (κ1) is 19.5. The van der Waals surface area contributed by atoms with Gasteiger partial charge in [0.05, 0.1) is 6.10 Å². The zero-order chi connectivity index (χ0) is 19.0. The van der Waals surface area contributed by atoms with Crippen molar-refractivity contribution in [3.05, 3.63) is 0 Å². The van der Waals surface area contributed by atoms with Gasteiger partial charge in [-0.2, -0.15) is 0 Å². The molecule has 0 saturated carbocycles. The molecule has 8 heteroatoms. The van der Waals surface area contributed by atoms with Crippen LogP contribution in [0.4, 0.5) is 4.79 Å². The summed E-state index contributed by atoms with van der Waals surface area (Å²) in [5.41, 5.74) is 3.71. The molecule has 2 fully saturated rings. The van der Waals surface area contributed by atoms with E-state index in [0.717, 1.165) is 12.8 Å². The van der Waals surface area contributed by atoms with Crippen LogP contribution < -0.4 is 5.73 Å². The number of nitrogens with zero attached hydrogens (tertiary/aromatic N) is 2. The molecule has 2 aliphatic rings. The number of hydrogen-bond donors (Lipinski definition) is 2. The quantitative estimate of drug-likeness (QED) is 0.770. The molecule has 3 atom stereocenters. The van der Waals surface area contributed by atoms with E-state index in [1.54, 1.807) is 20.8 Å². The van der Waals surface area contributed by atoms with E-state index in [2.05, 4.69) is 0 Å². The molecular formula is C17H29N3O5. The van der Waals surface area contributed by atoms with Crippen LogP contribution in [0.25, 0.3) is 0 Å². The monoisotopic (exact) mass is 355 g/mol. The van der Waals surface area contributed by atoms with Crippen molar-refractivity contribution >= 4 is 17.9 Å². The number of likely N-dealkylation sites (tertiary alicyclic amines) is 2. The van der Waals surface area contributed by atoms with Gasteiger partial charge in [-0.05, 0) is 53.4 Å². The second kappa shape index (κ2) is 6.82. The Balaban J connectivity index is 2.30. The average Bonchev–Trinajstić information content (AvgIpc) is 2.76. The fourth-order valence-corrected chi connectivity index (χ4v) is 3.80. The number of nitrogens with two attached hydrogens (primary N) is 1. The van der Waals surface area contributed by atoms with Crippen molar-refractivity contribution < 1.29 is 24.2 Å². The van der Waals surface area contributed by atoms with Gasteiger partial charge in [-0.15, -0.1) is 0 Å². The molecule has 2 rings (SSSR count). The molecule has 0 aromatic carbocycles. The molecule has 2 heterocycles. The molecule has 1 spiro atoms. The van der Waals surface area contributed by atoms with E-state index >= 15 is 0 Å². The summed E-state index contributed by atoms with van der Waals surface area (Å²) in [7, 11) is 0. The molecule has 1 unspecified atom stereocenters. The Morgan fingerprint density at radius 3 is 2.40 bits per heavy atom. The second-order valence-corrected chi connectivity index (χ2v) is 7.96. The Hall–Kier alpha value is -1.83. The number of ether oxygens (including phenoxy) is 1. The van der Waals surface area contributed by atoms with Gasteiger partial charge in [0.1, 0.15) is 17.2 Å². The maximum atomic E-state index is 13.2. The molecular weight excluding hydrogens is 326 g/mol. The van der Waals surface area contributed by atoms with Gasteiger partial charge < -0.3 is 20.5 Å². The molecule has 3 N–H and O–H groups in total. The highest BCUT2D eigenvalue weighted by Crippen LogP contribution is 2.39. The molecule has 0 radical (unpaired) electrons. The number of primary amides is 1. The van der Waals surface area contributed by atoms with Crippen LogP contribution in [0.15, 0.2) is 0 Å². The summed E-state index contributed by atoms with van der Waals surface area (Å²) in [4.78, 5) is 40.4. The van der Waals surface area contributed by atoms with Crippen molar-refractivity contribution in [1.82, 2.24) is 9.80 Å². The standard InChI is InChI=1S/C17H29N3O5/c1-11(21)12(13(18)22)19-10-8-17(14(19)23)7-5-6-9-20(17)15(24)25-16(2,3)4/h11-12,21H,5-10H2,1-4H3,(H2,18,22)/t11-,12+,17?/m1/s1. The summed E-state index contributed by atoms with van der Waals surface area (Å²) in [5, 5.41) is 9.88. The van der Waals surface area contributed by atoms with E-state index in [4.69, 9.17) is 10.5 Å². The van der Waals surface area contributed by atoms with Crippen LogP contribution in [0.3, 0.4) is 0 Å². The molecule has 2 saturated heterocycles. The van der Waals surface area contributed by atoms with Crippen LogP contribution in [-0.2, 0) is 14.3 Å². The Morgan fingerprint density at radius 2 is 1.88 bits per heavy atom. The summed E-state index contributed by atoms with van der Waals surface area (Å²) in [5.74, 6) is -1.08. The number of carbonyl (C=O) groups is 3. The third-order valence-electron chi connectivity index (χ3n) is 4.86. The predicted molar refractivity (Wildman–Crippen MR) is 90.5 cm³/mol. The first-order valence-corrected chi connectivity index (χ1v) is 8.79. The topological polar surface area (TPSA) is 113 Å². The van der Waals surface area contributed by atoms with Gasteiger partial charge >= 0.3 is 6.09 Å². The van der Waals surface area contributed by atoms with Gasteiger partial charge in [-0.1, -0.05) is 0 Å². The third-order valence-corrected chi connectivity index (χ3v) is 4.86. The van der Waals surface area contributed by atoms with Crippen molar-refractivity contribution in [2.75, 3.05) is 13.1 Å². The Morgan fingerprint density at radius 1 is 1.24 bits per heavy atom. The SMILES string of the molecule is C[C@@H](O)[C@@H](C(N)=O)N1CCC2(CCCCN2C(=O)OC(C)(C)C)C1=O. The van der Waals surface area contributed by atoms with Crippen LogP contribution >= 0.6 is 0 Å². The lowest BCUT2D eigenvalue weighted by Crippen LogP contribution is -2.62. The lowest BCUT2D eigenvalue weighted by atomic mass is 9.85. The van der Waals surface area contributed by atoms with Gasteiger partial charge in [0.25, 0.3) is 0 Å². The van der Waals surface area contributed by atoms with E-state index in [1.807, 2.05) is 0 Å². The van der Waals surface area contributed by atoms with Gasteiger partial charge in [0.2, 0.25) is 11.8 Å². The van der Waals surface area contributed by atoms with Crippen molar-refractivity contribution in [2.45, 2.75) is 76.7 Å². The summed E-state index contributed by atoms with van der Waals surface area (Å²) >= 11 is 0. The molecule has 0 aromatic rings. The highest BCUT2D eigenvalue weighted by Gasteiger charge is 2.56. The molecule has 2 aliphatic heterocycles. The number of amides is 3. The molecule has 3 amide bonds. The number of piperidine rings is 1. The lowest BCUT2D eigenvalue weighted by molar-refractivity contribution is -0.147. The number of aliphatic hydroxyl groups excluding tert-OH is 1. The van der Waals surface area contributed by atoms with Crippen molar-refractivity contribution in [3.63, 3.8) is 0 Å². The van der Waals surface area contributed by atoms with Gasteiger partial charge in [-0.3, -0.25) is 14.5 Å². The van der Waals surface area contributed by atoms with Gasteiger partial charge in [-0.25, -0.2) is 4.79 Å². The molecule has 8 nitrogen and oxygen atoms in total. The van der Waals surface area contributed by atoms with E-state index in [0.29, 0.717) is 19.4 Å². The summed E-state index contributed by atoms with van der Waals surface area (Å²) in [6, 6.07) is -1.09. The molecule has 0 aromatic heterocycles. The summed E-state index contributed by atoms with van der Waals surface area (Å²) < 4.78 is 5.48. The van der Waals surface area contributed by atoms with Crippen LogP contribution in [0, 0.1) is 0 Å². The average molecular weight is 355 g/mol. The highest BCUT2D eigenvalue weighted by atomic mass is 16.6. The van der Waals surface area contributed by atoms with E-state index in [1.165, 1.54) is 16.7 Å². The van der Waals surface area contributed by atoms with Crippen LogP contribution in [0.2, 0.25) is 0 Å². The predicted octanol–water partition coefficient (Wildman–Crippen LogP) is 0.613. The minimum absolute atomic E-state index is 0.274. The number of aliphatic hydroxyl groups is 1. The van der Waals surface area contributed by atoms with Crippen LogP contribution in [0.5, 0.6) is 0 Å². The van der Waals surface area contributed by atoms with Crippen LogP contribution in [0.1, 0.15) is 53.4 Å². The third kappa shape index (κ3) is 3.73. The maximum Gasteiger partial charge on any atom is 0.411 e. The Kier molecular flexibility index (Phi) is 5.32. The zero-order valence-electron chi connectivity index (χ0n) is 15.4. The molecule has 0 bridgehead atoms. The largest absolute Gasteiger partial charge is 0.444 e. The van der Waals surface area contributed by atoms with Crippen molar-refractivity contribution in [2.24, 2.45) is 5.73 Å². The van der Waals surface area contributed by atoms with E-state index in [9.17, 15) is 19.5 Å². The lowest BCUT2D eigenvalue weighted by Gasteiger charge is -2.43. The first-order valence-electron chi connectivity index (χ1n) is 8.79. The number of hydrogen-bond acceptors (Lipinski definition) is 5. The minimum Gasteiger partial charge on any atom is -0.444 e. The van der Waals surface area contributed by atoms with E-state index < -0.39 is 35.3 Å². The molecule has 0 aliphatic carbocycles. The second-order valence-electron chi connectivity index (χ2n) is 7.96. The normalized spacial score (nSPS) is 26.7. The number of rotatable bonds is 3. The first-order chi connectivity index (χ1) is 11.5. The Labute approximate surface area is 148 Å². The smallest absolute Gasteiger partial charge is 0.411 e. The molecule has 142 valence electrons. The zero-order valence-corrected chi connectivity index (χ0v) is 15.4.